The SMILES string of the molecule is CCCC12CCCCC1N(C)CC2. The van der Waals surface area contributed by atoms with Crippen molar-refractivity contribution in [3.8, 4) is 0 Å². The smallest absolute Gasteiger partial charge is 0.0149 e. The number of hydrogen-bond acceptors (Lipinski definition) is 1. The third kappa shape index (κ3) is 1.52. The molecule has 0 aromatic rings. The Balaban J connectivity index is 2.12. The predicted octanol–water partition coefficient (Wildman–Crippen LogP) is 3.05. The maximum atomic E-state index is 2.62. The standard InChI is InChI=1S/C12H23N/c1-3-7-12-8-5-4-6-11(12)13(2)10-9-12/h11H,3-10H2,1-2H3. The molecule has 13 heavy (non-hydrogen) atoms. The summed E-state index contributed by atoms with van der Waals surface area (Å²) in [5.41, 5.74) is 0.738. The number of likely N-dealkylation sites (tertiary alicyclic amines) is 1. The molecule has 0 radical (unpaired) electrons. The Hall–Kier alpha value is -0.0400. The van der Waals surface area contributed by atoms with Crippen LogP contribution in [0.4, 0.5) is 0 Å². The molecule has 0 amide bonds. The zero-order valence-electron chi connectivity index (χ0n) is 9.18. The average molecular weight is 181 g/mol. The Labute approximate surface area is 82.5 Å². The van der Waals surface area contributed by atoms with Crippen LogP contribution >= 0.6 is 0 Å². The van der Waals surface area contributed by atoms with Crippen LogP contribution < -0.4 is 0 Å². The van der Waals surface area contributed by atoms with Crippen LogP contribution in [0.1, 0.15) is 51.9 Å². The van der Waals surface area contributed by atoms with Crippen LogP contribution in [0.2, 0.25) is 0 Å². The largest absolute Gasteiger partial charge is 0.303 e. The van der Waals surface area contributed by atoms with E-state index in [9.17, 15) is 0 Å². The molecule has 2 fully saturated rings. The van der Waals surface area contributed by atoms with E-state index >= 15 is 0 Å². The lowest BCUT2D eigenvalue weighted by atomic mass is 9.68. The molecular weight excluding hydrogens is 158 g/mol. The molecule has 2 unspecified atom stereocenters. The third-order valence-corrected chi connectivity index (χ3v) is 4.35. The number of fused-ring (bicyclic) bond motifs is 1. The van der Waals surface area contributed by atoms with E-state index in [2.05, 4.69) is 18.9 Å². The Kier molecular flexibility index (Phi) is 2.64. The summed E-state index contributed by atoms with van der Waals surface area (Å²) in [4.78, 5) is 2.62. The van der Waals surface area contributed by atoms with Gasteiger partial charge >= 0.3 is 0 Å². The van der Waals surface area contributed by atoms with E-state index in [0.29, 0.717) is 0 Å². The van der Waals surface area contributed by atoms with Gasteiger partial charge in [-0.3, -0.25) is 0 Å². The molecule has 2 rings (SSSR count). The monoisotopic (exact) mass is 181 g/mol. The molecule has 0 N–H and O–H groups in total. The first kappa shape index (κ1) is 9.51. The molecule has 0 aromatic heterocycles. The molecule has 1 heterocycles. The van der Waals surface area contributed by atoms with E-state index in [1.54, 1.807) is 0 Å². The van der Waals surface area contributed by atoms with E-state index in [1.165, 1.54) is 51.5 Å². The highest BCUT2D eigenvalue weighted by Gasteiger charge is 2.45. The molecule has 2 atom stereocenters. The van der Waals surface area contributed by atoms with Gasteiger partial charge in [-0.15, -0.1) is 0 Å². The first-order valence-electron chi connectivity index (χ1n) is 5.99. The van der Waals surface area contributed by atoms with Crippen molar-refractivity contribution in [1.29, 1.82) is 0 Å². The Morgan fingerprint density at radius 3 is 2.92 bits per heavy atom. The molecular formula is C12H23N. The lowest BCUT2D eigenvalue weighted by Crippen LogP contribution is -2.40. The van der Waals surface area contributed by atoms with Gasteiger partial charge in [0.1, 0.15) is 0 Å². The van der Waals surface area contributed by atoms with Crippen LogP contribution in [0.5, 0.6) is 0 Å². The molecule has 1 aliphatic carbocycles. The van der Waals surface area contributed by atoms with E-state index in [0.717, 1.165) is 11.5 Å². The molecule has 1 heteroatoms. The van der Waals surface area contributed by atoms with Crippen LogP contribution in [0.15, 0.2) is 0 Å². The molecule has 0 spiro atoms. The Morgan fingerprint density at radius 2 is 2.15 bits per heavy atom. The highest BCUT2D eigenvalue weighted by molar-refractivity contribution is 4.99. The fraction of sp³-hybridized carbons (Fsp3) is 1.00. The first-order chi connectivity index (χ1) is 6.28. The molecule has 76 valence electrons. The Morgan fingerprint density at radius 1 is 1.31 bits per heavy atom. The van der Waals surface area contributed by atoms with Crippen molar-refractivity contribution < 1.29 is 0 Å². The van der Waals surface area contributed by atoms with Crippen molar-refractivity contribution in [2.75, 3.05) is 13.6 Å². The maximum absolute atomic E-state index is 2.62. The third-order valence-electron chi connectivity index (χ3n) is 4.35. The number of nitrogens with zero attached hydrogens (tertiary/aromatic N) is 1. The molecule has 0 bridgehead atoms. The van der Waals surface area contributed by atoms with Crippen LogP contribution in [0.25, 0.3) is 0 Å². The van der Waals surface area contributed by atoms with Crippen LogP contribution in [-0.2, 0) is 0 Å². The van der Waals surface area contributed by atoms with Gasteiger partial charge in [-0.1, -0.05) is 26.2 Å². The predicted molar refractivity (Wildman–Crippen MR) is 56.8 cm³/mol. The molecule has 2 aliphatic rings. The van der Waals surface area contributed by atoms with E-state index in [1.807, 2.05) is 0 Å². The van der Waals surface area contributed by atoms with Gasteiger partial charge in [-0.2, -0.15) is 0 Å². The lowest BCUT2D eigenvalue weighted by molar-refractivity contribution is 0.105. The molecule has 0 aromatic carbocycles. The summed E-state index contributed by atoms with van der Waals surface area (Å²) in [6, 6.07) is 0.932. The topological polar surface area (TPSA) is 3.24 Å². The second-order valence-corrected chi connectivity index (χ2v) is 5.10. The van der Waals surface area contributed by atoms with Gasteiger partial charge in [-0.25, -0.2) is 0 Å². The van der Waals surface area contributed by atoms with Gasteiger partial charge in [0.2, 0.25) is 0 Å². The fourth-order valence-corrected chi connectivity index (χ4v) is 3.74. The van der Waals surface area contributed by atoms with Gasteiger partial charge in [0, 0.05) is 6.04 Å². The van der Waals surface area contributed by atoms with E-state index in [-0.39, 0.29) is 0 Å². The zero-order chi connectivity index (χ0) is 9.31. The molecule has 1 saturated carbocycles. The van der Waals surface area contributed by atoms with Crippen molar-refractivity contribution in [3.63, 3.8) is 0 Å². The van der Waals surface area contributed by atoms with Gasteiger partial charge in [0.15, 0.2) is 0 Å². The van der Waals surface area contributed by atoms with Gasteiger partial charge < -0.3 is 4.90 Å². The quantitative estimate of drug-likeness (QED) is 0.633. The van der Waals surface area contributed by atoms with Crippen LogP contribution in [0.3, 0.4) is 0 Å². The Bertz CT molecular complexity index is 168. The van der Waals surface area contributed by atoms with Gasteiger partial charge in [0.05, 0.1) is 0 Å². The average Bonchev–Trinajstić information content (AvgIpc) is 2.46. The fourth-order valence-electron chi connectivity index (χ4n) is 3.74. The minimum absolute atomic E-state index is 0.738. The second kappa shape index (κ2) is 3.61. The van der Waals surface area contributed by atoms with Crippen LogP contribution in [-0.4, -0.2) is 24.5 Å². The van der Waals surface area contributed by atoms with Crippen molar-refractivity contribution in [2.45, 2.75) is 57.9 Å². The summed E-state index contributed by atoms with van der Waals surface area (Å²) in [7, 11) is 2.33. The van der Waals surface area contributed by atoms with E-state index in [4.69, 9.17) is 0 Å². The number of hydrogen-bond donors (Lipinski definition) is 0. The summed E-state index contributed by atoms with van der Waals surface area (Å²) in [6.07, 6.45) is 10.3. The number of rotatable bonds is 2. The lowest BCUT2D eigenvalue weighted by Gasteiger charge is -2.41. The van der Waals surface area contributed by atoms with Crippen molar-refractivity contribution in [1.82, 2.24) is 4.90 Å². The van der Waals surface area contributed by atoms with Gasteiger partial charge in [-0.05, 0) is 44.7 Å². The van der Waals surface area contributed by atoms with Gasteiger partial charge in [0.25, 0.3) is 0 Å². The normalized spacial score (nSPS) is 40.6. The minimum atomic E-state index is 0.738. The highest BCUT2D eigenvalue weighted by atomic mass is 15.2. The van der Waals surface area contributed by atoms with Crippen molar-refractivity contribution in [3.05, 3.63) is 0 Å². The van der Waals surface area contributed by atoms with E-state index < -0.39 is 0 Å². The second-order valence-electron chi connectivity index (χ2n) is 5.10. The van der Waals surface area contributed by atoms with Crippen molar-refractivity contribution in [2.24, 2.45) is 5.41 Å². The summed E-state index contributed by atoms with van der Waals surface area (Å²) >= 11 is 0. The minimum Gasteiger partial charge on any atom is -0.303 e. The van der Waals surface area contributed by atoms with Crippen LogP contribution in [0, 0.1) is 5.41 Å². The maximum Gasteiger partial charge on any atom is 0.0149 e. The van der Waals surface area contributed by atoms with Crippen molar-refractivity contribution >= 4 is 0 Å². The zero-order valence-corrected chi connectivity index (χ0v) is 9.18. The summed E-state index contributed by atoms with van der Waals surface area (Å²) in [5.74, 6) is 0. The summed E-state index contributed by atoms with van der Waals surface area (Å²) < 4.78 is 0. The molecule has 1 saturated heterocycles. The first-order valence-corrected chi connectivity index (χ1v) is 5.99. The molecule has 1 aliphatic heterocycles. The summed E-state index contributed by atoms with van der Waals surface area (Å²) in [6.45, 7) is 3.70. The summed E-state index contributed by atoms with van der Waals surface area (Å²) in [5, 5.41) is 0. The molecule has 1 nitrogen and oxygen atoms in total. The highest BCUT2D eigenvalue weighted by Crippen LogP contribution is 2.49.